The molecule has 0 aromatic heterocycles. The predicted octanol–water partition coefficient (Wildman–Crippen LogP) is 1.09. The molecule has 0 aliphatic carbocycles. The highest BCUT2D eigenvalue weighted by molar-refractivity contribution is 5.42. The molecular weight excluding hydrogens is 188 g/mol. The Kier molecular flexibility index (Phi) is 2.67. The van der Waals surface area contributed by atoms with Gasteiger partial charge >= 0.3 is 0 Å². The van der Waals surface area contributed by atoms with E-state index in [1.807, 2.05) is 31.2 Å². The van der Waals surface area contributed by atoms with E-state index in [0.717, 1.165) is 25.1 Å². The van der Waals surface area contributed by atoms with E-state index in [1.165, 1.54) is 0 Å². The molecule has 1 aromatic carbocycles. The summed E-state index contributed by atoms with van der Waals surface area (Å²) >= 11 is 0. The van der Waals surface area contributed by atoms with E-state index in [2.05, 4.69) is 5.32 Å². The molecule has 1 heterocycles. The van der Waals surface area contributed by atoms with Gasteiger partial charge in [-0.3, -0.25) is 0 Å². The minimum Gasteiger partial charge on any atom is -0.399 e. The van der Waals surface area contributed by atoms with E-state index in [1.54, 1.807) is 0 Å². The first kappa shape index (κ1) is 10.5. The molecule has 3 nitrogen and oxygen atoms in total. The molecule has 1 fully saturated rings. The average molecular weight is 206 g/mol. The van der Waals surface area contributed by atoms with E-state index < -0.39 is 5.60 Å². The van der Waals surface area contributed by atoms with Crippen molar-refractivity contribution in [1.82, 2.24) is 5.32 Å². The van der Waals surface area contributed by atoms with Crippen molar-refractivity contribution in [3.05, 3.63) is 29.8 Å². The molecule has 0 bridgehead atoms. The molecule has 15 heavy (non-hydrogen) atoms. The maximum Gasteiger partial charge on any atom is 0.0909 e. The van der Waals surface area contributed by atoms with Crippen LogP contribution in [0.2, 0.25) is 0 Å². The number of aliphatic hydroxyl groups is 1. The fourth-order valence-electron chi connectivity index (χ4n) is 2.22. The quantitative estimate of drug-likeness (QED) is 0.635. The zero-order valence-corrected chi connectivity index (χ0v) is 9.03. The minimum atomic E-state index is -0.779. The average Bonchev–Trinajstić information content (AvgIpc) is 2.71. The molecule has 1 aliphatic rings. The van der Waals surface area contributed by atoms with Gasteiger partial charge in [-0.05, 0) is 37.6 Å². The molecule has 0 radical (unpaired) electrons. The standard InChI is InChI=1S/C12H18N2O/c1-12(15,10-5-6-14-8-10)9-3-2-4-11(13)7-9/h2-4,7,10,14-15H,5-6,8,13H2,1H3. The fraction of sp³-hybridized carbons (Fsp3) is 0.500. The first-order valence-corrected chi connectivity index (χ1v) is 5.40. The van der Waals surface area contributed by atoms with Gasteiger partial charge in [-0.25, -0.2) is 0 Å². The van der Waals surface area contributed by atoms with E-state index in [-0.39, 0.29) is 5.92 Å². The van der Waals surface area contributed by atoms with Gasteiger partial charge in [-0.1, -0.05) is 12.1 Å². The predicted molar refractivity (Wildman–Crippen MR) is 61.4 cm³/mol. The summed E-state index contributed by atoms with van der Waals surface area (Å²) in [5.41, 5.74) is 6.57. The molecule has 1 aromatic rings. The van der Waals surface area contributed by atoms with Crippen LogP contribution in [0.25, 0.3) is 0 Å². The second kappa shape index (κ2) is 3.83. The van der Waals surface area contributed by atoms with E-state index in [4.69, 9.17) is 5.73 Å². The number of rotatable bonds is 2. The van der Waals surface area contributed by atoms with Gasteiger partial charge in [0.05, 0.1) is 5.60 Å². The number of nitrogen functional groups attached to an aromatic ring is 1. The molecule has 2 atom stereocenters. The summed E-state index contributed by atoms with van der Waals surface area (Å²) in [7, 11) is 0. The minimum absolute atomic E-state index is 0.277. The molecule has 1 aliphatic heterocycles. The van der Waals surface area contributed by atoms with Crippen molar-refractivity contribution in [1.29, 1.82) is 0 Å². The Bertz CT molecular complexity index is 343. The largest absolute Gasteiger partial charge is 0.399 e. The molecule has 2 rings (SSSR count). The van der Waals surface area contributed by atoms with Crippen LogP contribution in [-0.4, -0.2) is 18.2 Å². The fourth-order valence-corrected chi connectivity index (χ4v) is 2.22. The van der Waals surface area contributed by atoms with Crippen LogP contribution in [0.15, 0.2) is 24.3 Å². The van der Waals surface area contributed by atoms with E-state index in [9.17, 15) is 5.11 Å². The van der Waals surface area contributed by atoms with Gasteiger partial charge in [-0.15, -0.1) is 0 Å². The summed E-state index contributed by atoms with van der Waals surface area (Å²) in [4.78, 5) is 0. The Labute approximate surface area is 90.3 Å². The van der Waals surface area contributed by atoms with Crippen molar-refractivity contribution in [3.8, 4) is 0 Å². The summed E-state index contributed by atoms with van der Waals surface area (Å²) < 4.78 is 0. The lowest BCUT2D eigenvalue weighted by Crippen LogP contribution is -2.33. The maximum absolute atomic E-state index is 10.5. The van der Waals surface area contributed by atoms with Crippen molar-refractivity contribution in [3.63, 3.8) is 0 Å². The van der Waals surface area contributed by atoms with Gasteiger partial charge in [0.25, 0.3) is 0 Å². The monoisotopic (exact) mass is 206 g/mol. The van der Waals surface area contributed by atoms with Crippen molar-refractivity contribution in [2.45, 2.75) is 18.9 Å². The second-order valence-corrected chi connectivity index (χ2v) is 4.46. The van der Waals surface area contributed by atoms with Gasteiger partial charge < -0.3 is 16.2 Å². The van der Waals surface area contributed by atoms with Crippen LogP contribution >= 0.6 is 0 Å². The molecule has 4 N–H and O–H groups in total. The van der Waals surface area contributed by atoms with Crippen molar-refractivity contribution in [2.75, 3.05) is 18.8 Å². The number of anilines is 1. The maximum atomic E-state index is 10.5. The van der Waals surface area contributed by atoms with Gasteiger partial charge in [0.2, 0.25) is 0 Å². The van der Waals surface area contributed by atoms with Crippen LogP contribution in [0.3, 0.4) is 0 Å². The molecule has 0 amide bonds. The summed E-state index contributed by atoms with van der Waals surface area (Å²) in [6.45, 7) is 3.74. The molecule has 0 spiro atoms. The number of nitrogens with two attached hydrogens (primary N) is 1. The molecule has 0 saturated carbocycles. The van der Waals surface area contributed by atoms with Crippen molar-refractivity contribution < 1.29 is 5.11 Å². The van der Waals surface area contributed by atoms with E-state index >= 15 is 0 Å². The van der Waals surface area contributed by atoms with Crippen LogP contribution in [0.1, 0.15) is 18.9 Å². The third-order valence-electron chi connectivity index (χ3n) is 3.33. The smallest absolute Gasteiger partial charge is 0.0909 e. The third kappa shape index (κ3) is 1.98. The summed E-state index contributed by atoms with van der Waals surface area (Å²) in [6.07, 6.45) is 1.02. The molecule has 1 saturated heterocycles. The number of nitrogens with one attached hydrogen (secondary N) is 1. The van der Waals surface area contributed by atoms with E-state index in [0.29, 0.717) is 5.69 Å². The Hall–Kier alpha value is -1.06. The Balaban J connectivity index is 2.27. The topological polar surface area (TPSA) is 58.3 Å². The van der Waals surface area contributed by atoms with Crippen LogP contribution in [0, 0.1) is 5.92 Å². The second-order valence-electron chi connectivity index (χ2n) is 4.46. The Morgan fingerprint density at radius 2 is 2.33 bits per heavy atom. The first-order valence-electron chi connectivity index (χ1n) is 5.40. The normalized spacial score (nSPS) is 25.1. The van der Waals surface area contributed by atoms with Gasteiger partial charge in [0, 0.05) is 18.2 Å². The van der Waals surface area contributed by atoms with Crippen LogP contribution < -0.4 is 11.1 Å². The Morgan fingerprint density at radius 1 is 1.53 bits per heavy atom. The number of benzene rings is 1. The lowest BCUT2D eigenvalue weighted by atomic mass is 9.82. The van der Waals surface area contributed by atoms with Crippen LogP contribution in [0.5, 0.6) is 0 Å². The molecule has 3 heteroatoms. The number of hydrogen-bond acceptors (Lipinski definition) is 3. The van der Waals surface area contributed by atoms with Gasteiger partial charge in [-0.2, -0.15) is 0 Å². The lowest BCUT2D eigenvalue weighted by Gasteiger charge is -2.30. The lowest BCUT2D eigenvalue weighted by molar-refractivity contribution is 0.00222. The summed E-state index contributed by atoms with van der Waals surface area (Å²) in [5.74, 6) is 0.277. The Morgan fingerprint density at radius 3 is 2.93 bits per heavy atom. The molecule has 82 valence electrons. The first-order chi connectivity index (χ1) is 7.10. The highest BCUT2D eigenvalue weighted by Crippen LogP contribution is 2.33. The highest BCUT2D eigenvalue weighted by atomic mass is 16.3. The summed E-state index contributed by atoms with van der Waals surface area (Å²) in [6, 6.07) is 7.53. The van der Waals surface area contributed by atoms with Crippen molar-refractivity contribution >= 4 is 5.69 Å². The molecule has 2 unspecified atom stereocenters. The van der Waals surface area contributed by atoms with Gasteiger partial charge in [0.1, 0.15) is 0 Å². The molecular formula is C12H18N2O. The zero-order chi connectivity index (χ0) is 10.9. The van der Waals surface area contributed by atoms with Crippen LogP contribution in [-0.2, 0) is 5.60 Å². The summed E-state index contributed by atoms with van der Waals surface area (Å²) in [5, 5.41) is 13.8. The van der Waals surface area contributed by atoms with Crippen LogP contribution in [0.4, 0.5) is 5.69 Å². The number of hydrogen-bond donors (Lipinski definition) is 3. The van der Waals surface area contributed by atoms with Gasteiger partial charge in [0.15, 0.2) is 0 Å². The zero-order valence-electron chi connectivity index (χ0n) is 9.03. The SMILES string of the molecule is CC(O)(c1cccc(N)c1)C1CCNC1. The van der Waals surface area contributed by atoms with Crippen molar-refractivity contribution in [2.24, 2.45) is 5.92 Å². The highest BCUT2D eigenvalue weighted by Gasteiger charge is 2.35. The third-order valence-corrected chi connectivity index (χ3v) is 3.33.